The molecule has 2 unspecified atom stereocenters. The number of aliphatic hydroxyl groups is 1. The third-order valence-corrected chi connectivity index (χ3v) is 6.25. The maximum atomic E-state index is 14.9. The Morgan fingerprint density at radius 1 is 1.29 bits per heavy atom. The van der Waals surface area contributed by atoms with Gasteiger partial charge in [-0.2, -0.15) is 5.48 Å². The van der Waals surface area contributed by atoms with Crippen LogP contribution in [0.5, 0.6) is 5.75 Å². The van der Waals surface area contributed by atoms with Crippen molar-refractivity contribution in [1.29, 1.82) is 0 Å². The van der Waals surface area contributed by atoms with E-state index in [4.69, 9.17) is 14.3 Å². The Morgan fingerprint density at radius 3 is 2.85 bits per heavy atom. The number of rotatable bonds is 5. The van der Waals surface area contributed by atoms with Gasteiger partial charge >= 0.3 is 0 Å². The normalized spacial score (nSPS) is 23.7. The minimum Gasteiger partial charge on any atom is -0.495 e. The Hall–Kier alpha value is -3.24. The second kappa shape index (κ2) is 8.84. The van der Waals surface area contributed by atoms with E-state index in [1.807, 2.05) is 53.8 Å². The number of fused-ring (bicyclic) bond motifs is 1. The second-order valence-electron chi connectivity index (χ2n) is 8.49. The molecule has 34 heavy (non-hydrogen) atoms. The highest BCUT2D eigenvalue weighted by atomic mass is 19.1. The van der Waals surface area contributed by atoms with Gasteiger partial charge in [0.15, 0.2) is 5.72 Å². The molecular weight excluding hydrogens is 439 g/mol. The first-order valence-electron chi connectivity index (χ1n) is 11.1. The van der Waals surface area contributed by atoms with Crippen LogP contribution in [0.3, 0.4) is 0 Å². The van der Waals surface area contributed by atoms with Gasteiger partial charge in [-0.1, -0.05) is 18.2 Å². The number of nitrogens with zero attached hydrogens (tertiary/aromatic N) is 3. The molecule has 2 atom stereocenters. The fourth-order valence-electron chi connectivity index (χ4n) is 4.54. The minimum atomic E-state index is -1.36. The molecule has 3 heterocycles. The molecule has 0 saturated carbocycles. The van der Waals surface area contributed by atoms with Gasteiger partial charge in [0.1, 0.15) is 30.1 Å². The summed E-state index contributed by atoms with van der Waals surface area (Å²) in [5.74, 6) is 0.854. The summed E-state index contributed by atoms with van der Waals surface area (Å²) in [6.45, 7) is 4.14. The van der Waals surface area contributed by atoms with Crippen molar-refractivity contribution in [3.63, 3.8) is 0 Å². The Kier molecular flexibility index (Phi) is 5.86. The summed E-state index contributed by atoms with van der Waals surface area (Å²) in [6.07, 6.45) is 5.06. The topological polar surface area (TPSA) is 81.0 Å². The van der Waals surface area contributed by atoms with Crippen LogP contribution >= 0.6 is 0 Å². The third kappa shape index (κ3) is 3.76. The molecule has 0 amide bonds. The Balaban J connectivity index is 1.47. The van der Waals surface area contributed by atoms with Crippen LogP contribution in [0.1, 0.15) is 22.4 Å². The highest BCUT2D eigenvalue weighted by molar-refractivity contribution is 5.60. The van der Waals surface area contributed by atoms with E-state index in [2.05, 4.69) is 10.5 Å². The van der Waals surface area contributed by atoms with Crippen molar-refractivity contribution in [3.05, 3.63) is 82.9 Å². The van der Waals surface area contributed by atoms with Gasteiger partial charge in [-0.05, 0) is 49.2 Å². The molecule has 2 aliphatic rings. The van der Waals surface area contributed by atoms with Gasteiger partial charge in [-0.3, -0.25) is 4.84 Å². The predicted octanol–water partition coefficient (Wildman–Crippen LogP) is 3.02. The lowest BCUT2D eigenvalue weighted by Crippen LogP contribution is -2.53. The van der Waals surface area contributed by atoms with Crippen molar-refractivity contribution in [2.24, 2.45) is 0 Å². The zero-order chi connectivity index (χ0) is 23.9. The first-order valence-corrected chi connectivity index (χ1v) is 11.1. The number of aryl methyl sites for hydroxylation is 2. The number of nitrogens with one attached hydrogen (secondary N) is 1. The number of aromatic nitrogens is 2. The van der Waals surface area contributed by atoms with Gasteiger partial charge in [0.25, 0.3) is 0 Å². The van der Waals surface area contributed by atoms with Crippen LogP contribution in [0.2, 0.25) is 0 Å². The number of aliphatic hydroxyl groups excluding tert-OH is 1. The SMILES string of the molecule is COc1cc(/C=C2\OCCN3C2NOC3(CO)c2ccc(C)cc2F)ccc1-n1cnc(C)c1. The first-order chi connectivity index (χ1) is 16.4. The summed E-state index contributed by atoms with van der Waals surface area (Å²) in [5, 5.41) is 10.3. The zero-order valence-electron chi connectivity index (χ0n) is 19.3. The highest BCUT2D eigenvalue weighted by Gasteiger charge is 2.53. The molecule has 0 spiro atoms. The number of hydrogen-bond donors (Lipinski definition) is 2. The summed E-state index contributed by atoms with van der Waals surface area (Å²) in [6, 6.07) is 10.7. The van der Waals surface area contributed by atoms with Crippen LogP contribution in [0.15, 0.2) is 54.7 Å². The van der Waals surface area contributed by atoms with Crippen molar-refractivity contribution < 1.29 is 23.8 Å². The summed E-state index contributed by atoms with van der Waals surface area (Å²) >= 11 is 0. The van der Waals surface area contributed by atoms with Crippen molar-refractivity contribution in [2.75, 3.05) is 26.9 Å². The summed E-state index contributed by atoms with van der Waals surface area (Å²) < 4.78 is 28.4. The number of methoxy groups -OCH3 is 1. The lowest BCUT2D eigenvalue weighted by molar-refractivity contribution is -0.155. The lowest BCUT2D eigenvalue weighted by atomic mass is 9.98. The number of hydrogen-bond acceptors (Lipinski definition) is 7. The standard InChI is InChI=1S/C25H27FN4O4/c1-16-4-6-19(20(26)10-16)25(14-31)30-8-9-33-23(24(30)28-34-25)12-18-5-7-21(22(11-18)32-3)29-13-17(2)27-15-29/h4-7,10-13,15,24,28,31H,8-9,14H2,1-3H3/b23-12-. The number of imidazole rings is 1. The van der Waals surface area contributed by atoms with Gasteiger partial charge in [0.2, 0.25) is 0 Å². The van der Waals surface area contributed by atoms with Crippen molar-refractivity contribution >= 4 is 6.08 Å². The molecule has 2 aromatic carbocycles. The molecule has 2 aliphatic heterocycles. The molecule has 9 heteroatoms. The third-order valence-electron chi connectivity index (χ3n) is 6.25. The molecule has 3 aromatic rings. The molecule has 0 bridgehead atoms. The van der Waals surface area contributed by atoms with E-state index in [1.54, 1.807) is 25.6 Å². The summed E-state index contributed by atoms with van der Waals surface area (Å²) in [5.41, 5.74) is 5.30. The molecule has 2 saturated heterocycles. The lowest BCUT2D eigenvalue weighted by Gasteiger charge is -2.39. The monoisotopic (exact) mass is 466 g/mol. The smallest absolute Gasteiger partial charge is 0.196 e. The van der Waals surface area contributed by atoms with Gasteiger partial charge < -0.3 is 19.1 Å². The van der Waals surface area contributed by atoms with Crippen molar-refractivity contribution in [2.45, 2.75) is 25.7 Å². The quantitative estimate of drug-likeness (QED) is 0.598. The van der Waals surface area contributed by atoms with Crippen LogP contribution in [0.4, 0.5) is 4.39 Å². The van der Waals surface area contributed by atoms with E-state index >= 15 is 0 Å². The Labute approximate surface area is 197 Å². The predicted molar refractivity (Wildman–Crippen MR) is 123 cm³/mol. The molecule has 178 valence electrons. The molecule has 2 N–H and O–H groups in total. The van der Waals surface area contributed by atoms with E-state index in [-0.39, 0.29) is 5.56 Å². The maximum absolute atomic E-state index is 14.9. The largest absolute Gasteiger partial charge is 0.495 e. The molecule has 1 aromatic heterocycles. The van der Waals surface area contributed by atoms with Crippen molar-refractivity contribution in [1.82, 2.24) is 19.9 Å². The van der Waals surface area contributed by atoms with E-state index in [9.17, 15) is 9.50 Å². The van der Waals surface area contributed by atoms with Gasteiger partial charge in [0, 0.05) is 18.3 Å². The van der Waals surface area contributed by atoms with Crippen LogP contribution in [-0.4, -0.2) is 52.6 Å². The number of morpholine rings is 1. The van der Waals surface area contributed by atoms with Crippen LogP contribution in [0, 0.1) is 19.7 Å². The van der Waals surface area contributed by atoms with E-state index in [1.165, 1.54) is 6.07 Å². The average Bonchev–Trinajstić information content (AvgIpc) is 3.44. The minimum absolute atomic E-state index is 0.276. The van der Waals surface area contributed by atoms with Gasteiger partial charge in [-0.15, -0.1) is 0 Å². The summed E-state index contributed by atoms with van der Waals surface area (Å²) in [7, 11) is 1.62. The molecule has 2 fully saturated rings. The van der Waals surface area contributed by atoms with Crippen LogP contribution in [-0.2, 0) is 15.3 Å². The number of hydroxylamine groups is 1. The van der Waals surface area contributed by atoms with Gasteiger partial charge in [-0.25, -0.2) is 14.3 Å². The summed E-state index contributed by atoms with van der Waals surface area (Å²) in [4.78, 5) is 12.0. The van der Waals surface area contributed by atoms with Crippen molar-refractivity contribution in [3.8, 4) is 11.4 Å². The molecule has 5 rings (SSSR count). The fourth-order valence-corrected chi connectivity index (χ4v) is 4.54. The van der Waals surface area contributed by atoms with Gasteiger partial charge in [0.05, 0.1) is 31.4 Å². The molecule has 0 radical (unpaired) electrons. The van der Waals surface area contributed by atoms with Crippen LogP contribution < -0.4 is 10.2 Å². The first kappa shape index (κ1) is 22.5. The zero-order valence-corrected chi connectivity index (χ0v) is 19.3. The van der Waals surface area contributed by atoms with E-state index in [0.29, 0.717) is 24.7 Å². The maximum Gasteiger partial charge on any atom is 0.196 e. The highest BCUT2D eigenvalue weighted by Crippen LogP contribution is 2.40. The fraction of sp³-hybridized carbons (Fsp3) is 0.320. The van der Waals surface area contributed by atoms with E-state index < -0.39 is 24.3 Å². The molecular formula is C25H27FN4O4. The Bertz CT molecular complexity index is 1240. The van der Waals surface area contributed by atoms with Crippen LogP contribution in [0.25, 0.3) is 11.8 Å². The number of ether oxygens (including phenoxy) is 2. The molecule has 0 aliphatic carbocycles. The average molecular weight is 467 g/mol. The number of halogens is 1. The Morgan fingerprint density at radius 2 is 2.15 bits per heavy atom. The number of benzene rings is 2. The van der Waals surface area contributed by atoms with E-state index in [0.717, 1.165) is 22.5 Å². The second-order valence-corrected chi connectivity index (χ2v) is 8.49. The molecule has 8 nitrogen and oxygen atoms in total.